The average molecular weight is 664 g/mol. The highest BCUT2D eigenvalue weighted by Crippen LogP contribution is 2.19. The first kappa shape index (κ1) is 37.4. The van der Waals surface area contributed by atoms with Gasteiger partial charge in [0.15, 0.2) is 5.01 Å². The van der Waals surface area contributed by atoms with Crippen LogP contribution in [0.25, 0.3) is 0 Å². The fraction of sp³-hybridized carbons (Fsp3) is 0.528. The molecular formula is C36H49N5O5S. The van der Waals surface area contributed by atoms with Crippen LogP contribution in [0.15, 0.2) is 47.4 Å². The van der Waals surface area contributed by atoms with Crippen molar-refractivity contribution in [3.05, 3.63) is 63.6 Å². The quantitative estimate of drug-likeness (QED) is 0.214. The highest BCUT2D eigenvalue weighted by molar-refractivity contribution is 7.10. The number of carbonyl (C=O) groups is 4. The van der Waals surface area contributed by atoms with Crippen molar-refractivity contribution in [1.29, 1.82) is 0 Å². The third kappa shape index (κ3) is 10.8. The van der Waals surface area contributed by atoms with Gasteiger partial charge in [-0.1, -0.05) is 82.9 Å². The fourth-order valence-corrected chi connectivity index (χ4v) is 6.26. The molecule has 0 radical (unpaired) electrons. The smallest absolute Gasteiger partial charge is 0.331 e. The maximum absolute atomic E-state index is 13.9. The van der Waals surface area contributed by atoms with Crippen LogP contribution in [0.5, 0.6) is 0 Å². The maximum atomic E-state index is 13.9. The van der Waals surface area contributed by atoms with E-state index in [1.54, 1.807) is 17.3 Å². The topological polar surface area (TPSA) is 132 Å². The molecule has 0 spiro atoms. The SMILES string of the molecule is CC[C@H](C)[C@H](NC(=O)[C@H]1CCCCN1C)C(=O)N(C)[C@H](C#Cc1nc(C(=O)N[C@H](C=C(C)C(=O)O)Cc2ccccc2)cs1)C(C)C. The predicted octanol–water partition coefficient (Wildman–Crippen LogP) is 4.36. The summed E-state index contributed by atoms with van der Waals surface area (Å²) in [6.45, 7) is 10.3. The number of nitrogens with one attached hydrogen (secondary N) is 2. The molecule has 2 heterocycles. The molecule has 1 aliphatic rings. The largest absolute Gasteiger partial charge is 0.478 e. The van der Waals surface area contributed by atoms with Crippen molar-refractivity contribution >= 4 is 35.0 Å². The first-order valence-electron chi connectivity index (χ1n) is 16.3. The molecule has 254 valence electrons. The summed E-state index contributed by atoms with van der Waals surface area (Å²) >= 11 is 1.22. The summed E-state index contributed by atoms with van der Waals surface area (Å²) in [5, 5.41) is 17.4. The van der Waals surface area contributed by atoms with Gasteiger partial charge in [0.05, 0.1) is 18.1 Å². The molecule has 0 bridgehead atoms. The monoisotopic (exact) mass is 663 g/mol. The van der Waals surface area contributed by atoms with Crippen molar-refractivity contribution < 1.29 is 24.3 Å². The summed E-state index contributed by atoms with van der Waals surface area (Å²) in [5.41, 5.74) is 1.26. The number of carboxylic acids is 1. The number of aromatic nitrogens is 1. The van der Waals surface area contributed by atoms with Crippen molar-refractivity contribution in [2.24, 2.45) is 11.8 Å². The lowest BCUT2D eigenvalue weighted by Crippen LogP contribution is -2.57. The molecule has 0 saturated carbocycles. The van der Waals surface area contributed by atoms with Gasteiger partial charge in [0.1, 0.15) is 11.7 Å². The van der Waals surface area contributed by atoms with Gasteiger partial charge in [-0.3, -0.25) is 19.3 Å². The molecule has 3 amide bonds. The molecule has 3 rings (SSSR count). The molecule has 10 nitrogen and oxygen atoms in total. The van der Waals surface area contributed by atoms with Gasteiger partial charge in [0.2, 0.25) is 11.8 Å². The van der Waals surface area contributed by atoms with E-state index in [0.29, 0.717) is 11.4 Å². The number of piperidine rings is 1. The van der Waals surface area contributed by atoms with Crippen LogP contribution in [-0.4, -0.2) is 88.4 Å². The van der Waals surface area contributed by atoms with Crippen molar-refractivity contribution in [2.75, 3.05) is 20.6 Å². The lowest BCUT2D eigenvalue weighted by Gasteiger charge is -2.36. The summed E-state index contributed by atoms with van der Waals surface area (Å²) in [7, 11) is 3.67. The van der Waals surface area contributed by atoms with E-state index in [2.05, 4.69) is 32.4 Å². The third-order valence-electron chi connectivity index (χ3n) is 8.71. The van der Waals surface area contributed by atoms with E-state index in [9.17, 15) is 24.3 Å². The molecule has 0 unspecified atom stereocenters. The number of likely N-dealkylation sites (tertiary alicyclic amines) is 1. The zero-order valence-electron chi connectivity index (χ0n) is 28.6. The van der Waals surface area contributed by atoms with Crippen LogP contribution in [0.3, 0.4) is 0 Å². The zero-order chi connectivity index (χ0) is 34.7. The predicted molar refractivity (Wildman–Crippen MR) is 185 cm³/mol. The number of rotatable bonds is 13. The van der Waals surface area contributed by atoms with Crippen LogP contribution in [0.4, 0.5) is 0 Å². The fourth-order valence-electron chi connectivity index (χ4n) is 5.61. The zero-order valence-corrected chi connectivity index (χ0v) is 29.4. The second-order valence-corrected chi connectivity index (χ2v) is 13.6. The van der Waals surface area contributed by atoms with Gasteiger partial charge < -0.3 is 20.6 Å². The van der Waals surface area contributed by atoms with E-state index >= 15 is 0 Å². The summed E-state index contributed by atoms with van der Waals surface area (Å²) in [6, 6.07) is 7.58. The van der Waals surface area contributed by atoms with Crippen LogP contribution < -0.4 is 10.6 Å². The normalized spacial score (nSPS) is 17.9. The molecule has 1 fully saturated rings. The van der Waals surface area contributed by atoms with Gasteiger partial charge in [0, 0.05) is 18.0 Å². The number of hydrogen-bond donors (Lipinski definition) is 3. The summed E-state index contributed by atoms with van der Waals surface area (Å²) < 4.78 is 0. The molecule has 11 heteroatoms. The highest BCUT2D eigenvalue weighted by atomic mass is 32.1. The molecule has 5 atom stereocenters. The Morgan fingerprint density at radius 3 is 2.47 bits per heavy atom. The van der Waals surface area contributed by atoms with E-state index in [1.165, 1.54) is 24.3 Å². The number of thiazole rings is 1. The number of nitrogens with zero attached hydrogens (tertiary/aromatic N) is 3. The molecule has 3 N–H and O–H groups in total. The minimum Gasteiger partial charge on any atom is -0.478 e. The van der Waals surface area contributed by atoms with Crippen molar-refractivity contribution in [2.45, 2.75) is 90.9 Å². The van der Waals surface area contributed by atoms with Crippen LogP contribution >= 0.6 is 11.3 Å². The van der Waals surface area contributed by atoms with Crippen LogP contribution in [0.2, 0.25) is 0 Å². The van der Waals surface area contributed by atoms with Crippen LogP contribution in [-0.2, 0) is 20.8 Å². The Bertz CT molecular complexity index is 1480. The summed E-state index contributed by atoms with van der Waals surface area (Å²) in [6.07, 6.45) is 5.51. The van der Waals surface area contributed by atoms with Crippen LogP contribution in [0.1, 0.15) is 81.4 Å². The first-order chi connectivity index (χ1) is 22.3. The van der Waals surface area contributed by atoms with E-state index < -0.39 is 30.0 Å². The maximum Gasteiger partial charge on any atom is 0.331 e. The van der Waals surface area contributed by atoms with Crippen molar-refractivity contribution in [3.63, 3.8) is 0 Å². The number of hydrogen-bond acceptors (Lipinski definition) is 7. The van der Waals surface area contributed by atoms with E-state index in [0.717, 1.165) is 37.8 Å². The molecule has 1 aromatic heterocycles. The standard InChI is InChI=1S/C36H49N5O5S/c1-8-24(4)32(39-34(43)30-16-12-13-19-40(30)6)35(44)41(7)29(23(2)3)17-18-31-38-28(22-47-31)33(42)37-27(20-25(5)36(45)46)21-26-14-10-9-11-15-26/h9-11,14-15,20,22-24,27,29-30,32H,8,12-13,16,19,21H2,1-7H3,(H,37,42)(H,39,43)(H,45,46)/t24-,27+,29+,30+,32-/m0/s1. The number of carbonyl (C=O) groups excluding carboxylic acids is 3. The molecule has 1 aliphatic heterocycles. The first-order valence-corrected chi connectivity index (χ1v) is 17.2. The summed E-state index contributed by atoms with van der Waals surface area (Å²) in [5.74, 6) is 4.38. The molecular weight excluding hydrogens is 614 g/mol. The molecule has 47 heavy (non-hydrogen) atoms. The Morgan fingerprint density at radius 2 is 1.85 bits per heavy atom. The molecule has 2 aromatic rings. The average Bonchev–Trinajstić information content (AvgIpc) is 3.52. The number of aliphatic carboxylic acids is 1. The van der Waals surface area contributed by atoms with Gasteiger partial charge in [-0.15, -0.1) is 11.3 Å². The lowest BCUT2D eigenvalue weighted by atomic mass is 9.94. The Labute approximate surface area is 283 Å². The molecule has 0 aliphatic carbocycles. The highest BCUT2D eigenvalue weighted by Gasteiger charge is 2.35. The molecule has 1 saturated heterocycles. The Balaban J connectivity index is 1.75. The van der Waals surface area contributed by atoms with Gasteiger partial charge in [-0.2, -0.15) is 0 Å². The summed E-state index contributed by atoms with van der Waals surface area (Å²) in [4.78, 5) is 59.9. The minimum absolute atomic E-state index is 0.0139. The molecule has 1 aromatic carbocycles. The van der Waals surface area contributed by atoms with E-state index in [4.69, 9.17) is 0 Å². The van der Waals surface area contributed by atoms with Gasteiger partial charge in [0.25, 0.3) is 5.91 Å². The minimum atomic E-state index is -1.05. The second-order valence-electron chi connectivity index (χ2n) is 12.7. The van der Waals surface area contributed by atoms with Crippen molar-refractivity contribution in [1.82, 2.24) is 25.4 Å². The van der Waals surface area contributed by atoms with Gasteiger partial charge in [-0.25, -0.2) is 9.78 Å². The second kappa shape index (κ2) is 17.8. The lowest BCUT2D eigenvalue weighted by molar-refractivity contribution is -0.139. The number of benzene rings is 1. The number of amides is 3. The Morgan fingerprint density at radius 1 is 1.15 bits per heavy atom. The van der Waals surface area contributed by atoms with Crippen LogP contribution in [0, 0.1) is 23.7 Å². The number of likely N-dealkylation sites (N-methyl/N-ethyl adjacent to an activating group) is 2. The van der Waals surface area contributed by atoms with E-state index in [-0.39, 0.29) is 41.0 Å². The van der Waals surface area contributed by atoms with Gasteiger partial charge in [-0.05, 0) is 63.1 Å². The third-order valence-corrected chi connectivity index (χ3v) is 9.47. The van der Waals surface area contributed by atoms with Gasteiger partial charge >= 0.3 is 5.97 Å². The van der Waals surface area contributed by atoms with Crippen molar-refractivity contribution in [3.8, 4) is 11.8 Å². The Kier molecular flexibility index (Phi) is 14.2. The number of carboxylic acid groups (broad SMARTS) is 1. The van der Waals surface area contributed by atoms with E-state index in [1.807, 2.05) is 65.1 Å². The Hall–Kier alpha value is -4.01.